The maximum absolute atomic E-state index is 11.2. The van der Waals surface area contributed by atoms with Crippen LogP contribution in [0.25, 0.3) is 11.2 Å². The summed E-state index contributed by atoms with van der Waals surface area (Å²) in [6, 6.07) is 0. The van der Waals surface area contributed by atoms with Gasteiger partial charge in [-0.1, -0.05) is 0 Å². The molecule has 0 aromatic carbocycles. The Morgan fingerprint density at radius 1 is 1.31 bits per heavy atom. The van der Waals surface area contributed by atoms with Gasteiger partial charge in [-0.15, -0.1) is 0 Å². The van der Waals surface area contributed by atoms with Crippen molar-refractivity contribution >= 4 is 11.2 Å². The second-order valence-corrected chi connectivity index (χ2v) is 2.62. The highest BCUT2D eigenvalue weighted by molar-refractivity contribution is 5.67. The minimum atomic E-state index is -0.573. The molecule has 0 bridgehead atoms. The van der Waals surface area contributed by atoms with E-state index in [-0.39, 0.29) is 11.2 Å². The SMILES string of the molecule is Cc1cnc2[nH]c(=O)[nH]c(=O)c2n1. The molecule has 0 aliphatic heterocycles. The van der Waals surface area contributed by atoms with Crippen molar-refractivity contribution in [2.75, 3.05) is 0 Å². The first kappa shape index (κ1) is 7.66. The molecular formula is C7H6N4O2. The molecule has 2 heterocycles. The van der Waals surface area contributed by atoms with Crippen molar-refractivity contribution in [2.24, 2.45) is 0 Å². The molecule has 0 atom stereocenters. The molecule has 6 nitrogen and oxygen atoms in total. The molecular weight excluding hydrogens is 172 g/mol. The number of H-pyrrole nitrogens is 2. The standard InChI is InChI=1S/C7H6N4O2/c1-3-2-8-5-4(9-3)6(12)11-7(13)10-5/h2H,1H3,(H2,8,10,11,12,13). The molecule has 0 amide bonds. The van der Waals surface area contributed by atoms with Gasteiger partial charge in [0, 0.05) is 0 Å². The molecule has 2 aromatic rings. The van der Waals surface area contributed by atoms with Crippen LogP contribution in [0.3, 0.4) is 0 Å². The Bertz CT molecular complexity index is 568. The molecule has 2 rings (SSSR count). The number of rotatable bonds is 0. The zero-order valence-electron chi connectivity index (χ0n) is 6.79. The summed E-state index contributed by atoms with van der Waals surface area (Å²) in [5.74, 6) is 0. The normalized spacial score (nSPS) is 10.5. The zero-order valence-corrected chi connectivity index (χ0v) is 6.79. The van der Waals surface area contributed by atoms with E-state index in [0.717, 1.165) is 0 Å². The Morgan fingerprint density at radius 3 is 2.85 bits per heavy atom. The zero-order chi connectivity index (χ0) is 9.42. The van der Waals surface area contributed by atoms with Crippen molar-refractivity contribution in [3.63, 3.8) is 0 Å². The van der Waals surface area contributed by atoms with Crippen molar-refractivity contribution < 1.29 is 0 Å². The van der Waals surface area contributed by atoms with Crippen LogP contribution in [-0.2, 0) is 0 Å². The van der Waals surface area contributed by atoms with Gasteiger partial charge in [-0.25, -0.2) is 14.8 Å². The van der Waals surface area contributed by atoms with Crippen molar-refractivity contribution in [1.29, 1.82) is 0 Å². The molecule has 0 spiro atoms. The first-order chi connectivity index (χ1) is 6.16. The van der Waals surface area contributed by atoms with E-state index in [0.29, 0.717) is 5.69 Å². The molecule has 2 aromatic heterocycles. The maximum atomic E-state index is 11.2. The molecule has 0 aliphatic carbocycles. The lowest BCUT2D eigenvalue weighted by Crippen LogP contribution is -2.23. The highest BCUT2D eigenvalue weighted by atomic mass is 16.2. The number of nitrogens with zero attached hydrogens (tertiary/aromatic N) is 2. The van der Waals surface area contributed by atoms with E-state index in [4.69, 9.17) is 0 Å². The third-order valence-corrected chi connectivity index (χ3v) is 1.57. The second kappa shape index (κ2) is 2.51. The first-order valence-corrected chi connectivity index (χ1v) is 3.63. The lowest BCUT2D eigenvalue weighted by molar-refractivity contribution is 1.03. The van der Waals surface area contributed by atoms with Crippen LogP contribution < -0.4 is 11.2 Å². The molecule has 2 N–H and O–H groups in total. The third-order valence-electron chi connectivity index (χ3n) is 1.57. The summed E-state index contributed by atoms with van der Waals surface area (Å²) in [7, 11) is 0. The van der Waals surface area contributed by atoms with Crippen LogP contribution in [0.4, 0.5) is 0 Å². The average Bonchev–Trinajstić information content (AvgIpc) is 2.06. The van der Waals surface area contributed by atoms with Gasteiger partial charge in [-0.2, -0.15) is 0 Å². The highest BCUT2D eigenvalue weighted by Gasteiger charge is 2.02. The van der Waals surface area contributed by atoms with Gasteiger partial charge in [0.15, 0.2) is 11.2 Å². The quantitative estimate of drug-likeness (QED) is 0.558. The van der Waals surface area contributed by atoms with Gasteiger partial charge in [0.05, 0.1) is 11.9 Å². The predicted octanol–water partition coefficient (Wildman–Crippen LogP) is -0.685. The van der Waals surface area contributed by atoms with E-state index >= 15 is 0 Å². The van der Waals surface area contributed by atoms with Gasteiger partial charge in [0.25, 0.3) is 5.56 Å². The lowest BCUT2D eigenvalue weighted by atomic mass is 10.4. The molecule has 66 valence electrons. The molecule has 0 saturated heterocycles. The molecule has 13 heavy (non-hydrogen) atoms. The number of hydrogen-bond acceptors (Lipinski definition) is 4. The Hall–Kier alpha value is -1.98. The monoisotopic (exact) mass is 178 g/mol. The van der Waals surface area contributed by atoms with Crippen molar-refractivity contribution in [2.45, 2.75) is 6.92 Å². The summed E-state index contributed by atoms with van der Waals surface area (Å²) < 4.78 is 0. The van der Waals surface area contributed by atoms with Crippen LogP contribution in [0.2, 0.25) is 0 Å². The Kier molecular flexibility index (Phi) is 1.48. The number of fused-ring (bicyclic) bond motifs is 1. The minimum Gasteiger partial charge on any atom is -0.290 e. The summed E-state index contributed by atoms with van der Waals surface area (Å²) in [6.07, 6.45) is 1.48. The number of aryl methyl sites for hydroxylation is 1. The van der Waals surface area contributed by atoms with Crippen molar-refractivity contribution in [3.8, 4) is 0 Å². The molecule has 0 unspecified atom stereocenters. The van der Waals surface area contributed by atoms with E-state index < -0.39 is 11.2 Å². The fraction of sp³-hybridized carbons (Fsp3) is 0.143. The van der Waals surface area contributed by atoms with Gasteiger partial charge >= 0.3 is 5.69 Å². The third kappa shape index (κ3) is 1.22. The van der Waals surface area contributed by atoms with E-state index in [9.17, 15) is 9.59 Å². The number of nitrogens with one attached hydrogen (secondary N) is 2. The number of aromatic nitrogens is 4. The fourth-order valence-electron chi connectivity index (χ4n) is 1.03. The van der Waals surface area contributed by atoms with Crippen LogP contribution in [0, 0.1) is 6.92 Å². The average molecular weight is 178 g/mol. The molecule has 0 saturated carbocycles. The van der Waals surface area contributed by atoms with Crippen molar-refractivity contribution in [3.05, 3.63) is 32.7 Å². The molecule has 0 fully saturated rings. The fourth-order valence-corrected chi connectivity index (χ4v) is 1.03. The van der Waals surface area contributed by atoms with Gasteiger partial charge < -0.3 is 0 Å². The maximum Gasteiger partial charge on any atom is 0.327 e. The predicted molar refractivity (Wildman–Crippen MR) is 45.5 cm³/mol. The van der Waals surface area contributed by atoms with Crippen LogP contribution in [0.1, 0.15) is 5.69 Å². The highest BCUT2D eigenvalue weighted by Crippen LogP contribution is 1.96. The van der Waals surface area contributed by atoms with Gasteiger partial charge in [0.2, 0.25) is 0 Å². The van der Waals surface area contributed by atoms with Crippen LogP contribution >= 0.6 is 0 Å². The smallest absolute Gasteiger partial charge is 0.290 e. The Labute approximate surface area is 71.7 Å². The van der Waals surface area contributed by atoms with E-state index in [1.165, 1.54) is 6.20 Å². The topological polar surface area (TPSA) is 91.5 Å². The molecule has 6 heteroatoms. The summed E-state index contributed by atoms with van der Waals surface area (Å²) in [4.78, 5) is 34.2. The number of hydrogen-bond donors (Lipinski definition) is 2. The van der Waals surface area contributed by atoms with Crippen LogP contribution in [0.5, 0.6) is 0 Å². The van der Waals surface area contributed by atoms with E-state index in [1.54, 1.807) is 6.92 Å². The summed E-state index contributed by atoms with van der Waals surface area (Å²) in [5, 5.41) is 0. The van der Waals surface area contributed by atoms with Gasteiger partial charge in [0.1, 0.15) is 0 Å². The van der Waals surface area contributed by atoms with Gasteiger partial charge in [-0.3, -0.25) is 14.8 Å². The van der Waals surface area contributed by atoms with Crippen molar-refractivity contribution in [1.82, 2.24) is 19.9 Å². The molecule has 0 radical (unpaired) electrons. The summed E-state index contributed by atoms with van der Waals surface area (Å²) in [5.41, 5.74) is -0.102. The second-order valence-electron chi connectivity index (χ2n) is 2.62. The minimum absolute atomic E-state index is 0.152. The van der Waals surface area contributed by atoms with E-state index in [1.807, 2.05) is 0 Å². The summed E-state index contributed by atoms with van der Waals surface area (Å²) in [6.45, 7) is 1.72. The molecule has 0 aliphatic rings. The summed E-state index contributed by atoms with van der Waals surface area (Å²) >= 11 is 0. The lowest BCUT2D eigenvalue weighted by Gasteiger charge is -1.94. The first-order valence-electron chi connectivity index (χ1n) is 3.63. The van der Waals surface area contributed by atoms with Gasteiger partial charge in [-0.05, 0) is 6.92 Å². The van der Waals surface area contributed by atoms with E-state index in [2.05, 4.69) is 19.9 Å². The largest absolute Gasteiger partial charge is 0.327 e. The van der Waals surface area contributed by atoms with Crippen LogP contribution in [-0.4, -0.2) is 19.9 Å². The Morgan fingerprint density at radius 2 is 2.08 bits per heavy atom. The number of aromatic amines is 2. The Balaban J connectivity index is 3.04. The van der Waals surface area contributed by atoms with Crippen LogP contribution in [0.15, 0.2) is 15.8 Å².